The third kappa shape index (κ3) is 3.03. The monoisotopic (exact) mass is 291 g/mol. The number of rotatable bonds is 3. The van der Waals surface area contributed by atoms with Crippen LogP contribution in [0.2, 0.25) is 0 Å². The van der Waals surface area contributed by atoms with Crippen LogP contribution < -0.4 is 5.32 Å². The van der Waals surface area contributed by atoms with Gasteiger partial charge in [-0.3, -0.25) is 9.97 Å². The van der Waals surface area contributed by atoms with Crippen molar-refractivity contribution in [1.29, 1.82) is 0 Å². The van der Waals surface area contributed by atoms with Crippen molar-refractivity contribution in [1.82, 2.24) is 9.97 Å². The molecule has 0 fully saturated rings. The Bertz CT molecular complexity index is 499. The Balaban J connectivity index is 2.18. The summed E-state index contributed by atoms with van der Waals surface area (Å²) in [5.41, 5.74) is 3.26. The van der Waals surface area contributed by atoms with Gasteiger partial charge in [0.1, 0.15) is 0 Å². The van der Waals surface area contributed by atoms with Gasteiger partial charge in [-0.15, -0.1) is 0 Å². The molecule has 17 heavy (non-hydrogen) atoms. The minimum atomic E-state index is 0.136. The molecule has 1 unspecified atom stereocenters. The molecule has 1 N–H and O–H groups in total. The maximum Gasteiger partial charge on any atom is 0.0806 e. The quantitative estimate of drug-likeness (QED) is 0.937. The van der Waals surface area contributed by atoms with Crippen LogP contribution in [0.25, 0.3) is 0 Å². The van der Waals surface area contributed by atoms with Crippen LogP contribution in [-0.2, 0) is 0 Å². The highest BCUT2D eigenvalue weighted by Crippen LogP contribution is 2.24. The van der Waals surface area contributed by atoms with E-state index in [0.29, 0.717) is 0 Å². The Morgan fingerprint density at radius 1 is 1.29 bits per heavy atom. The molecule has 1 atom stereocenters. The van der Waals surface area contributed by atoms with Crippen molar-refractivity contribution in [3.05, 3.63) is 52.5 Å². The summed E-state index contributed by atoms with van der Waals surface area (Å²) in [6.45, 7) is 4.16. The lowest BCUT2D eigenvalue weighted by Gasteiger charge is -2.16. The topological polar surface area (TPSA) is 37.8 Å². The first kappa shape index (κ1) is 12.0. The van der Waals surface area contributed by atoms with Crippen molar-refractivity contribution in [2.45, 2.75) is 19.9 Å². The van der Waals surface area contributed by atoms with E-state index < -0.39 is 0 Å². The van der Waals surface area contributed by atoms with E-state index in [4.69, 9.17) is 0 Å². The Morgan fingerprint density at radius 2 is 2.12 bits per heavy atom. The molecule has 2 rings (SSSR count). The number of nitrogens with zero attached hydrogens (tertiary/aromatic N) is 2. The number of nitrogens with one attached hydrogen (secondary N) is 1. The van der Waals surface area contributed by atoms with Crippen molar-refractivity contribution in [2.24, 2.45) is 0 Å². The number of benzene rings is 1. The molecule has 0 saturated heterocycles. The molecule has 0 radical (unpaired) electrons. The zero-order valence-corrected chi connectivity index (χ0v) is 11.4. The summed E-state index contributed by atoms with van der Waals surface area (Å²) in [5, 5.41) is 3.43. The van der Waals surface area contributed by atoms with E-state index in [1.165, 1.54) is 5.56 Å². The van der Waals surface area contributed by atoms with E-state index >= 15 is 0 Å². The van der Waals surface area contributed by atoms with E-state index in [1.54, 1.807) is 18.6 Å². The highest BCUT2D eigenvalue weighted by molar-refractivity contribution is 9.10. The van der Waals surface area contributed by atoms with Crippen LogP contribution in [0.4, 0.5) is 5.69 Å². The second-order valence-corrected chi connectivity index (χ2v) is 4.87. The summed E-state index contributed by atoms with van der Waals surface area (Å²) in [4.78, 5) is 8.37. The first-order chi connectivity index (χ1) is 8.16. The number of hydrogen-bond donors (Lipinski definition) is 1. The largest absolute Gasteiger partial charge is 0.377 e. The minimum absolute atomic E-state index is 0.136. The Labute approximate surface area is 109 Å². The average Bonchev–Trinajstić information content (AvgIpc) is 2.35. The number of anilines is 1. The van der Waals surface area contributed by atoms with Crippen LogP contribution in [-0.4, -0.2) is 9.97 Å². The highest BCUT2D eigenvalue weighted by Gasteiger charge is 2.08. The van der Waals surface area contributed by atoms with E-state index in [-0.39, 0.29) is 6.04 Å². The Morgan fingerprint density at radius 3 is 2.82 bits per heavy atom. The number of aryl methyl sites for hydroxylation is 1. The molecule has 1 heterocycles. The van der Waals surface area contributed by atoms with Gasteiger partial charge in [0.15, 0.2) is 0 Å². The van der Waals surface area contributed by atoms with Crippen molar-refractivity contribution >= 4 is 21.6 Å². The van der Waals surface area contributed by atoms with Crippen LogP contribution >= 0.6 is 15.9 Å². The summed E-state index contributed by atoms with van der Waals surface area (Å²) in [7, 11) is 0. The zero-order chi connectivity index (χ0) is 12.3. The van der Waals surface area contributed by atoms with Gasteiger partial charge < -0.3 is 5.32 Å². The molecular formula is C13H14BrN3. The maximum atomic E-state index is 4.29. The van der Waals surface area contributed by atoms with Gasteiger partial charge in [-0.1, -0.05) is 22.0 Å². The molecular weight excluding hydrogens is 278 g/mol. The summed E-state index contributed by atoms with van der Waals surface area (Å²) < 4.78 is 1.07. The molecule has 4 heteroatoms. The van der Waals surface area contributed by atoms with E-state index in [1.807, 2.05) is 6.07 Å². The first-order valence-corrected chi connectivity index (χ1v) is 6.24. The molecule has 0 amide bonds. The lowest BCUT2D eigenvalue weighted by Crippen LogP contribution is -2.09. The van der Waals surface area contributed by atoms with Crippen LogP contribution in [0.3, 0.4) is 0 Å². The third-order valence-electron chi connectivity index (χ3n) is 2.60. The summed E-state index contributed by atoms with van der Waals surface area (Å²) >= 11 is 3.47. The fourth-order valence-corrected chi connectivity index (χ4v) is 1.95. The summed E-state index contributed by atoms with van der Waals surface area (Å²) in [5.74, 6) is 0. The van der Waals surface area contributed by atoms with Crippen molar-refractivity contribution in [3.8, 4) is 0 Å². The molecule has 0 spiro atoms. The standard InChI is InChI=1S/C13H14BrN3/c1-9-3-4-11(14)7-12(9)17-10(2)13-8-15-5-6-16-13/h3-8,10,17H,1-2H3. The van der Waals surface area contributed by atoms with Gasteiger partial charge in [0.2, 0.25) is 0 Å². The van der Waals surface area contributed by atoms with Crippen LogP contribution in [0.1, 0.15) is 24.2 Å². The van der Waals surface area contributed by atoms with Crippen LogP contribution in [0.15, 0.2) is 41.3 Å². The van der Waals surface area contributed by atoms with Gasteiger partial charge in [-0.25, -0.2) is 0 Å². The molecule has 0 aliphatic rings. The van der Waals surface area contributed by atoms with Gasteiger partial charge in [-0.05, 0) is 31.5 Å². The Hall–Kier alpha value is -1.42. The van der Waals surface area contributed by atoms with Gasteiger partial charge in [0, 0.05) is 22.6 Å². The van der Waals surface area contributed by atoms with Gasteiger partial charge in [-0.2, -0.15) is 0 Å². The summed E-state index contributed by atoms with van der Waals surface area (Å²) in [6, 6.07) is 6.32. The van der Waals surface area contributed by atoms with Crippen molar-refractivity contribution < 1.29 is 0 Å². The minimum Gasteiger partial charge on any atom is -0.377 e. The molecule has 0 bridgehead atoms. The zero-order valence-electron chi connectivity index (χ0n) is 9.81. The second-order valence-electron chi connectivity index (χ2n) is 3.96. The molecule has 0 aliphatic carbocycles. The maximum absolute atomic E-state index is 4.29. The molecule has 1 aromatic heterocycles. The average molecular weight is 292 g/mol. The van der Waals surface area contributed by atoms with Crippen molar-refractivity contribution in [2.75, 3.05) is 5.32 Å². The van der Waals surface area contributed by atoms with Gasteiger partial charge in [0.05, 0.1) is 17.9 Å². The fraction of sp³-hybridized carbons (Fsp3) is 0.231. The fourth-order valence-electron chi connectivity index (χ4n) is 1.59. The SMILES string of the molecule is Cc1ccc(Br)cc1NC(C)c1cnccn1. The molecule has 0 aliphatic heterocycles. The predicted molar refractivity (Wildman–Crippen MR) is 72.9 cm³/mol. The van der Waals surface area contributed by atoms with Crippen LogP contribution in [0.5, 0.6) is 0 Å². The molecule has 2 aromatic rings. The van der Waals surface area contributed by atoms with Gasteiger partial charge >= 0.3 is 0 Å². The predicted octanol–water partition coefficient (Wildman–Crippen LogP) is 3.72. The second kappa shape index (κ2) is 5.27. The molecule has 0 saturated carbocycles. The highest BCUT2D eigenvalue weighted by atomic mass is 79.9. The van der Waals surface area contributed by atoms with E-state index in [0.717, 1.165) is 15.9 Å². The molecule has 1 aromatic carbocycles. The van der Waals surface area contributed by atoms with Gasteiger partial charge in [0.25, 0.3) is 0 Å². The lowest BCUT2D eigenvalue weighted by atomic mass is 10.1. The van der Waals surface area contributed by atoms with E-state index in [9.17, 15) is 0 Å². The van der Waals surface area contributed by atoms with E-state index in [2.05, 4.69) is 57.2 Å². The Kier molecular flexibility index (Phi) is 3.74. The third-order valence-corrected chi connectivity index (χ3v) is 3.09. The number of hydrogen-bond acceptors (Lipinski definition) is 3. The number of halogens is 1. The normalized spacial score (nSPS) is 12.2. The van der Waals surface area contributed by atoms with Crippen molar-refractivity contribution in [3.63, 3.8) is 0 Å². The number of aromatic nitrogens is 2. The van der Waals surface area contributed by atoms with Crippen LogP contribution in [0, 0.1) is 6.92 Å². The lowest BCUT2D eigenvalue weighted by molar-refractivity contribution is 0.826. The smallest absolute Gasteiger partial charge is 0.0806 e. The first-order valence-electron chi connectivity index (χ1n) is 5.45. The summed E-state index contributed by atoms with van der Waals surface area (Å²) in [6.07, 6.45) is 5.17. The molecule has 3 nitrogen and oxygen atoms in total. The molecule has 88 valence electrons.